The second kappa shape index (κ2) is 4.13. The van der Waals surface area contributed by atoms with Crippen LogP contribution in [-0.4, -0.2) is 27.5 Å². The maximum absolute atomic E-state index is 9.18. The molecule has 0 fully saturated rings. The number of aliphatic hydroxyl groups excluding tert-OH is 1. The highest BCUT2D eigenvalue weighted by Gasteiger charge is 2.08. The molecule has 0 aliphatic heterocycles. The first kappa shape index (κ1) is 9.85. The predicted octanol–water partition coefficient (Wildman–Crippen LogP) is 0.278. The molecule has 0 bridgehead atoms. The number of rotatable bonds is 4. The van der Waals surface area contributed by atoms with Crippen molar-refractivity contribution in [3.63, 3.8) is 0 Å². The van der Waals surface area contributed by atoms with Gasteiger partial charge in [-0.15, -0.1) is 0 Å². The molecule has 0 saturated carbocycles. The lowest BCUT2D eigenvalue weighted by atomic mass is 10.4. The number of aliphatic hydroxyl groups is 1. The molecule has 0 amide bonds. The van der Waals surface area contributed by atoms with Gasteiger partial charge in [-0.05, 0) is 13.8 Å². The van der Waals surface area contributed by atoms with Crippen molar-refractivity contribution >= 4 is 11.5 Å². The fraction of sp³-hybridized carbons (Fsp3) is 0.625. The highest BCUT2D eigenvalue weighted by atomic mass is 16.3. The van der Waals surface area contributed by atoms with Crippen molar-refractivity contribution in [1.82, 2.24) is 9.78 Å². The molecule has 1 heterocycles. The molecule has 1 aromatic rings. The van der Waals surface area contributed by atoms with Crippen LogP contribution < -0.4 is 11.1 Å². The topological polar surface area (TPSA) is 76.1 Å². The lowest BCUT2D eigenvalue weighted by Crippen LogP contribution is -2.16. The fourth-order valence-corrected chi connectivity index (χ4v) is 1.15. The van der Waals surface area contributed by atoms with Crippen molar-refractivity contribution in [1.29, 1.82) is 0 Å². The van der Waals surface area contributed by atoms with Crippen LogP contribution in [0.3, 0.4) is 0 Å². The molecule has 5 heteroatoms. The first-order valence-corrected chi connectivity index (χ1v) is 4.38. The average Bonchev–Trinajstić information content (AvgIpc) is 2.35. The van der Waals surface area contributed by atoms with Crippen LogP contribution in [0, 0.1) is 0 Å². The zero-order chi connectivity index (χ0) is 9.84. The third-order valence-electron chi connectivity index (χ3n) is 1.65. The third kappa shape index (κ3) is 2.35. The summed E-state index contributed by atoms with van der Waals surface area (Å²) in [5, 5.41) is 16.3. The second-order valence-electron chi connectivity index (χ2n) is 3.01. The average molecular weight is 184 g/mol. The number of nitrogens with two attached hydrogens (primary N) is 1. The summed E-state index contributed by atoms with van der Waals surface area (Å²) in [6.45, 7) is 4.95. The maximum atomic E-state index is 9.18. The van der Waals surface area contributed by atoms with Gasteiger partial charge in [-0.3, -0.25) is 0 Å². The minimum atomic E-state index is -0.420. The van der Waals surface area contributed by atoms with Gasteiger partial charge in [0, 0.05) is 6.54 Å². The van der Waals surface area contributed by atoms with Gasteiger partial charge in [0.1, 0.15) is 5.82 Å². The summed E-state index contributed by atoms with van der Waals surface area (Å²) >= 11 is 0. The Kier molecular flexibility index (Phi) is 3.13. The third-order valence-corrected chi connectivity index (χ3v) is 1.65. The Morgan fingerprint density at radius 3 is 3.00 bits per heavy atom. The number of nitrogen functional groups attached to an aromatic ring is 1. The normalized spacial score (nSPS) is 12.8. The van der Waals surface area contributed by atoms with Gasteiger partial charge in [-0.25, -0.2) is 4.68 Å². The van der Waals surface area contributed by atoms with E-state index >= 15 is 0 Å². The number of nitrogens with zero attached hydrogens (tertiary/aromatic N) is 2. The monoisotopic (exact) mass is 184 g/mol. The lowest BCUT2D eigenvalue weighted by molar-refractivity contribution is 0.169. The largest absolute Gasteiger partial charge is 0.394 e. The second-order valence-corrected chi connectivity index (χ2v) is 3.01. The number of hydrogen-bond donors (Lipinski definition) is 3. The summed E-state index contributed by atoms with van der Waals surface area (Å²) < 4.78 is 1.67. The Labute approximate surface area is 77.5 Å². The van der Waals surface area contributed by atoms with Crippen molar-refractivity contribution in [2.75, 3.05) is 17.6 Å². The maximum Gasteiger partial charge on any atom is 0.147 e. The molecule has 5 nitrogen and oxygen atoms in total. The SMILES string of the molecule is CCNc1c(N)cnn1CC(C)O. The van der Waals surface area contributed by atoms with Crippen LogP contribution in [0.2, 0.25) is 0 Å². The summed E-state index contributed by atoms with van der Waals surface area (Å²) in [4.78, 5) is 0. The molecule has 0 spiro atoms. The Bertz CT molecular complexity index is 269. The Hall–Kier alpha value is -1.23. The summed E-state index contributed by atoms with van der Waals surface area (Å²) in [5.74, 6) is 0.781. The van der Waals surface area contributed by atoms with Crippen LogP contribution in [0.5, 0.6) is 0 Å². The summed E-state index contributed by atoms with van der Waals surface area (Å²) in [6.07, 6.45) is 1.16. The summed E-state index contributed by atoms with van der Waals surface area (Å²) in [5.41, 5.74) is 6.29. The van der Waals surface area contributed by atoms with Crippen LogP contribution in [0.4, 0.5) is 11.5 Å². The minimum Gasteiger partial charge on any atom is -0.394 e. The number of aromatic nitrogens is 2. The first-order chi connectivity index (χ1) is 6.15. The van der Waals surface area contributed by atoms with Crippen LogP contribution in [-0.2, 0) is 6.54 Å². The van der Waals surface area contributed by atoms with Crippen molar-refractivity contribution in [2.45, 2.75) is 26.5 Å². The van der Waals surface area contributed by atoms with Gasteiger partial charge in [-0.1, -0.05) is 0 Å². The van der Waals surface area contributed by atoms with Crippen LogP contribution in [0.25, 0.3) is 0 Å². The van der Waals surface area contributed by atoms with Gasteiger partial charge in [-0.2, -0.15) is 5.10 Å². The Morgan fingerprint density at radius 1 is 1.77 bits per heavy atom. The standard InChI is InChI=1S/C8H16N4O/c1-3-10-8-7(9)4-11-12(8)5-6(2)13/h4,6,10,13H,3,5,9H2,1-2H3. The Balaban J connectivity index is 2.80. The van der Waals surface area contributed by atoms with Gasteiger partial charge in [0.2, 0.25) is 0 Å². The molecule has 0 aromatic carbocycles. The van der Waals surface area contributed by atoms with Gasteiger partial charge in [0.25, 0.3) is 0 Å². The molecule has 0 aliphatic carbocycles. The number of anilines is 2. The van der Waals surface area contributed by atoms with E-state index in [4.69, 9.17) is 5.73 Å². The fourth-order valence-electron chi connectivity index (χ4n) is 1.15. The first-order valence-electron chi connectivity index (χ1n) is 4.38. The van der Waals surface area contributed by atoms with E-state index in [0.717, 1.165) is 12.4 Å². The van der Waals surface area contributed by atoms with E-state index in [9.17, 15) is 5.11 Å². The molecule has 1 atom stereocenters. The van der Waals surface area contributed by atoms with E-state index in [1.54, 1.807) is 17.8 Å². The number of nitrogens with one attached hydrogen (secondary N) is 1. The van der Waals surface area contributed by atoms with E-state index in [1.807, 2.05) is 6.92 Å². The molecule has 0 saturated heterocycles. The van der Waals surface area contributed by atoms with Crippen molar-refractivity contribution < 1.29 is 5.11 Å². The van der Waals surface area contributed by atoms with Gasteiger partial charge >= 0.3 is 0 Å². The van der Waals surface area contributed by atoms with Gasteiger partial charge in [0.05, 0.1) is 24.5 Å². The summed E-state index contributed by atoms with van der Waals surface area (Å²) in [7, 11) is 0. The van der Waals surface area contributed by atoms with Crippen LogP contribution in [0.15, 0.2) is 6.20 Å². The zero-order valence-corrected chi connectivity index (χ0v) is 7.99. The number of hydrogen-bond acceptors (Lipinski definition) is 4. The predicted molar refractivity (Wildman–Crippen MR) is 52.5 cm³/mol. The molecular weight excluding hydrogens is 168 g/mol. The molecule has 4 N–H and O–H groups in total. The molecule has 1 unspecified atom stereocenters. The van der Waals surface area contributed by atoms with Gasteiger partial charge in [0.15, 0.2) is 0 Å². The minimum absolute atomic E-state index is 0.420. The van der Waals surface area contributed by atoms with E-state index in [1.165, 1.54) is 0 Å². The van der Waals surface area contributed by atoms with E-state index in [0.29, 0.717) is 12.2 Å². The zero-order valence-electron chi connectivity index (χ0n) is 7.99. The highest BCUT2D eigenvalue weighted by Crippen LogP contribution is 2.17. The smallest absolute Gasteiger partial charge is 0.147 e. The van der Waals surface area contributed by atoms with E-state index < -0.39 is 6.10 Å². The quantitative estimate of drug-likeness (QED) is 0.628. The lowest BCUT2D eigenvalue weighted by Gasteiger charge is -2.10. The van der Waals surface area contributed by atoms with Crippen molar-refractivity contribution in [3.8, 4) is 0 Å². The summed E-state index contributed by atoms with van der Waals surface area (Å²) in [6, 6.07) is 0. The van der Waals surface area contributed by atoms with Crippen LogP contribution >= 0.6 is 0 Å². The van der Waals surface area contributed by atoms with E-state index in [2.05, 4.69) is 10.4 Å². The van der Waals surface area contributed by atoms with Crippen LogP contribution in [0.1, 0.15) is 13.8 Å². The van der Waals surface area contributed by atoms with Gasteiger partial charge < -0.3 is 16.2 Å². The molecule has 0 radical (unpaired) electrons. The van der Waals surface area contributed by atoms with Crippen molar-refractivity contribution in [2.24, 2.45) is 0 Å². The molecule has 13 heavy (non-hydrogen) atoms. The molecule has 1 rings (SSSR count). The highest BCUT2D eigenvalue weighted by molar-refractivity contribution is 5.60. The molecular formula is C8H16N4O. The van der Waals surface area contributed by atoms with Crippen molar-refractivity contribution in [3.05, 3.63) is 6.20 Å². The molecule has 1 aromatic heterocycles. The molecule has 0 aliphatic rings. The van der Waals surface area contributed by atoms with E-state index in [-0.39, 0.29) is 0 Å². The molecule has 74 valence electrons. The Morgan fingerprint density at radius 2 is 2.46 bits per heavy atom.